The fourth-order valence-corrected chi connectivity index (χ4v) is 2.28. The predicted molar refractivity (Wildman–Crippen MR) is 85.2 cm³/mol. The van der Waals surface area contributed by atoms with Crippen LogP contribution in [0, 0.1) is 0 Å². The van der Waals surface area contributed by atoms with E-state index in [2.05, 4.69) is 38.0 Å². The first-order valence-electron chi connectivity index (χ1n) is 8.03. The third-order valence-electron chi connectivity index (χ3n) is 3.51. The number of rotatable bonds is 10. The molecule has 0 aliphatic rings. The maximum absolute atomic E-state index is 5.91. The first-order valence-corrected chi connectivity index (χ1v) is 8.03. The summed E-state index contributed by atoms with van der Waals surface area (Å²) in [6.45, 7) is 9.56. The molecule has 0 amide bonds. The fraction of sp³-hybridized carbons (Fsp3) is 0.706. The van der Waals surface area contributed by atoms with E-state index in [1.54, 1.807) is 0 Å². The van der Waals surface area contributed by atoms with E-state index >= 15 is 0 Å². The Labute approximate surface area is 124 Å². The van der Waals surface area contributed by atoms with Crippen molar-refractivity contribution in [2.24, 2.45) is 0 Å². The molecule has 1 aromatic heterocycles. The zero-order valence-corrected chi connectivity index (χ0v) is 13.5. The van der Waals surface area contributed by atoms with E-state index in [0.717, 1.165) is 24.4 Å². The minimum Gasteiger partial charge on any atom is -0.489 e. The molecular weight excluding hydrogens is 248 g/mol. The molecule has 0 aromatic carbocycles. The van der Waals surface area contributed by atoms with Gasteiger partial charge < -0.3 is 10.1 Å². The highest BCUT2D eigenvalue weighted by atomic mass is 16.5. The van der Waals surface area contributed by atoms with Gasteiger partial charge in [0, 0.05) is 6.04 Å². The lowest BCUT2D eigenvalue weighted by Crippen LogP contribution is -2.18. The van der Waals surface area contributed by atoms with Crippen LogP contribution >= 0.6 is 0 Å². The molecular formula is C17H30N2O. The van der Waals surface area contributed by atoms with Gasteiger partial charge in [0.15, 0.2) is 0 Å². The second-order valence-corrected chi connectivity index (χ2v) is 5.48. The molecule has 1 aromatic rings. The van der Waals surface area contributed by atoms with Gasteiger partial charge >= 0.3 is 0 Å². The van der Waals surface area contributed by atoms with Gasteiger partial charge in [-0.3, -0.25) is 4.98 Å². The van der Waals surface area contributed by atoms with Crippen LogP contribution in [0.25, 0.3) is 0 Å². The average molecular weight is 278 g/mol. The Morgan fingerprint density at radius 3 is 2.55 bits per heavy atom. The van der Waals surface area contributed by atoms with E-state index in [1.807, 2.05) is 18.3 Å². The molecule has 20 heavy (non-hydrogen) atoms. The van der Waals surface area contributed by atoms with E-state index in [9.17, 15) is 0 Å². The molecule has 0 spiro atoms. The van der Waals surface area contributed by atoms with Crippen molar-refractivity contribution in [3.8, 4) is 5.75 Å². The quantitative estimate of drug-likeness (QED) is 0.640. The van der Waals surface area contributed by atoms with Crippen molar-refractivity contribution in [1.82, 2.24) is 10.3 Å². The molecule has 1 heterocycles. The summed E-state index contributed by atoms with van der Waals surface area (Å²) in [6, 6.07) is 4.37. The summed E-state index contributed by atoms with van der Waals surface area (Å²) in [5.74, 6) is 0.875. The van der Waals surface area contributed by atoms with Crippen molar-refractivity contribution < 1.29 is 4.74 Å². The molecule has 3 nitrogen and oxygen atoms in total. The standard InChI is InChI=1S/C17H30N2O/c1-5-7-8-9-10-14(3)20-16-11-12-17(19-13-16)15(4)18-6-2/h11-15,18H,5-10H2,1-4H3. The van der Waals surface area contributed by atoms with E-state index in [4.69, 9.17) is 4.74 Å². The molecule has 3 heteroatoms. The number of ether oxygens (including phenoxy) is 1. The molecule has 0 aliphatic carbocycles. The first kappa shape index (κ1) is 17.0. The average Bonchev–Trinajstić information content (AvgIpc) is 2.45. The highest BCUT2D eigenvalue weighted by Gasteiger charge is 2.07. The SMILES string of the molecule is CCCCCCC(C)Oc1ccc(C(C)NCC)nc1. The molecule has 1 N–H and O–H groups in total. The largest absolute Gasteiger partial charge is 0.489 e. The van der Waals surface area contributed by atoms with Crippen LogP contribution in [0.3, 0.4) is 0 Å². The van der Waals surface area contributed by atoms with Gasteiger partial charge in [-0.2, -0.15) is 0 Å². The Hall–Kier alpha value is -1.09. The van der Waals surface area contributed by atoms with E-state index in [-0.39, 0.29) is 6.10 Å². The Bertz CT molecular complexity index is 351. The van der Waals surface area contributed by atoms with Crippen molar-refractivity contribution in [3.63, 3.8) is 0 Å². The van der Waals surface area contributed by atoms with Gasteiger partial charge in [0.05, 0.1) is 18.0 Å². The molecule has 0 radical (unpaired) electrons. The van der Waals surface area contributed by atoms with Crippen molar-refractivity contribution in [1.29, 1.82) is 0 Å². The number of unbranched alkanes of at least 4 members (excludes halogenated alkanes) is 3. The molecule has 0 aliphatic heterocycles. The number of hydrogen-bond acceptors (Lipinski definition) is 3. The Morgan fingerprint density at radius 2 is 1.95 bits per heavy atom. The maximum Gasteiger partial charge on any atom is 0.138 e. The van der Waals surface area contributed by atoms with Crippen molar-refractivity contribution in [3.05, 3.63) is 24.0 Å². The molecule has 2 unspecified atom stereocenters. The third-order valence-corrected chi connectivity index (χ3v) is 3.51. The lowest BCUT2D eigenvalue weighted by Gasteiger charge is -2.16. The summed E-state index contributed by atoms with van der Waals surface area (Å²) in [7, 11) is 0. The Morgan fingerprint density at radius 1 is 1.15 bits per heavy atom. The number of nitrogens with one attached hydrogen (secondary N) is 1. The summed E-state index contributed by atoms with van der Waals surface area (Å²) in [5, 5.41) is 3.36. The van der Waals surface area contributed by atoms with Gasteiger partial charge in [-0.15, -0.1) is 0 Å². The normalized spacial score (nSPS) is 14.0. The van der Waals surface area contributed by atoms with E-state index in [0.29, 0.717) is 6.04 Å². The molecule has 0 fully saturated rings. The van der Waals surface area contributed by atoms with Crippen LogP contribution in [0.5, 0.6) is 5.75 Å². The molecule has 0 bridgehead atoms. The zero-order valence-electron chi connectivity index (χ0n) is 13.5. The van der Waals surface area contributed by atoms with Crippen LogP contribution in [0.15, 0.2) is 18.3 Å². The Kier molecular flexibility index (Phi) is 8.28. The first-order chi connectivity index (χ1) is 9.67. The molecule has 0 saturated carbocycles. The van der Waals surface area contributed by atoms with Gasteiger partial charge in [0.25, 0.3) is 0 Å². The second kappa shape index (κ2) is 9.76. The Balaban J connectivity index is 2.36. The zero-order chi connectivity index (χ0) is 14.8. The van der Waals surface area contributed by atoms with Gasteiger partial charge in [-0.25, -0.2) is 0 Å². The highest BCUT2D eigenvalue weighted by Crippen LogP contribution is 2.17. The van der Waals surface area contributed by atoms with E-state index in [1.165, 1.54) is 25.7 Å². The van der Waals surface area contributed by atoms with Crippen molar-refractivity contribution >= 4 is 0 Å². The highest BCUT2D eigenvalue weighted by molar-refractivity contribution is 5.21. The van der Waals surface area contributed by atoms with Crippen LogP contribution < -0.4 is 10.1 Å². The second-order valence-electron chi connectivity index (χ2n) is 5.48. The molecule has 114 valence electrons. The van der Waals surface area contributed by atoms with Crippen LogP contribution in [0.4, 0.5) is 0 Å². The van der Waals surface area contributed by atoms with Gasteiger partial charge in [-0.1, -0.05) is 33.1 Å². The summed E-state index contributed by atoms with van der Waals surface area (Å²) in [6.07, 6.45) is 8.39. The van der Waals surface area contributed by atoms with Crippen LogP contribution in [0.2, 0.25) is 0 Å². The van der Waals surface area contributed by atoms with Crippen LogP contribution in [-0.4, -0.2) is 17.6 Å². The number of nitrogens with zero attached hydrogens (tertiary/aromatic N) is 1. The minimum atomic E-state index is 0.269. The lowest BCUT2D eigenvalue weighted by atomic mass is 10.1. The fourth-order valence-electron chi connectivity index (χ4n) is 2.28. The minimum absolute atomic E-state index is 0.269. The summed E-state index contributed by atoms with van der Waals surface area (Å²) in [5.41, 5.74) is 1.06. The van der Waals surface area contributed by atoms with Crippen LogP contribution in [0.1, 0.15) is 71.5 Å². The van der Waals surface area contributed by atoms with E-state index < -0.39 is 0 Å². The van der Waals surface area contributed by atoms with Crippen molar-refractivity contribution in [2.75, 3.05) is 6.54 Å². The predicted octanol–water partition coefficient (Wildman–Crippen LogP) is 4.49. The van der Waals surface area contributed by atoms with Gasteiger partial charge in [-0.05, 0) is 45.4 Å². The topological polar surface area (TPSA) is 34.1 Å². The third kappa shape index (κ3) is 6.38. The summed E-state index contributed by atoms with van der Waals surface area (Å²) >= 11 is 0. The maximum atomic E-state index is 5.91. The molecule has 2 atom stereocenters. The van der Waals surface area contributed by atoms with Crippen LogP contribution in [-0.2, 0) is 0 Å². The number of hydrogen-bond donors (Lipinski definition) is 1. The summed E-state index contributed by atoms with van der Waals surface area (Å²) in [4.78, 5) is 4.47. The number of aromatic nitrogens is 1. The van der Waals surface area contributed by atoms with Crippen molar-refractivity contribution in [2.45, 2.75) is 71.9 Å². The number of pyridine rings is 1. The molecule has 0 saturated heterocycles. The smallest absolute Gasteiger partial charge is 0.138 e. The van der Waals surface area contributed by atoms with Gasteiger partial charge in [0.2, 0.25) is 0 Å². The summed E-state index contributed by atoms with van der Waals surface area (Å²) < 4.78 is 5.91. The lowest BCUT2D eigenvalue weighted by molar-refractivity contribution is 0.205. The van der Waals surface area contributed by atoms with Gasteiger partial charge in [0.1, 0.15) is 5.75 Å². The molecule has 1 rings (SSSR count). The monoisotopic (exact) mass is 278 g/mol.